The van der Waals surface area contributed by atoms with E-state index < -0.39 is 5.41 Å². The smallest absolute Gasteiger partial charge is 0.227 e. The molecular weight excluding hydrogens is 387 g/mol. The quantitative estimate of drug-likeness (QED) is 0.786. The number of hydrogen-bond acceptors (Lipinski definition) is 3. The van der Waals surface area contributed by atoms with Gasteiger partial charge in [-0.25, -0.2) is 4.39 Å². The van der Waals surface area contributed by atoms with Gasteiger partial charge in [0.1, 0.15) is 5.82 Å². The summed E-state index contributed by atoms with van der Waals surface area (Å²) in [5, 5.41) is 3.04. The molecule has 2 rings (SSSR count). The van der Waals surface area contributed by atoms with Gasteiger partial charge in [-0.2, -0.15) is 0 Å². The van der Waals surface area contributed by atoms with Gasteiger partial charge in [-0.1, -0.05) is 6.07 Å². The van der Waals surface area contributed by atoms with E-state index >= 15 is 0 Å². The topological polar surface area (TPSA) is 64.4 Å². The Morgan fingerprint density at radius 3 is 2.70 bits per heavy atom. The standard InChI is InChI=1S/C16H22BrFN2O2.ClH/c1-11(8-12-2-3-14(18)13(17)9-12)20-15(21)16(10-19)4-6-22-7-5-16;/h2-3,9,11H,4-8,10,19H2,1H3,(H,20,21);1H. The van der Waals surface area contributed by atoms with Gasteiger partial charge in [-0.3, -0.25) is 4.79 Å². The third-order valence-corrected chi connectivity index (χ3v) is 4.83. The first-order valence-corrected chi connectivity index (χ1v) is 8.29. The molecule has 130 valence electrons. The molecule has 0 radical (unpaired) electrons. The first-order valence-electron chi connectivity index (χ1n) is 7.49. The molecule has 1 heterocycles. The number of nitrogens with one attached hydrogen (secondary N) is 1. The summed E-state index contributed by atoms with van der Waals surface area (Å²) in [5.41, 5.74) is 6.29. The van der Waals surface area contributed by atoms with Gasteiger partial charge in [-0.15, -0.1) is 12.4 Å². The molecule has 23 heavy (non-hydrogen) atoms. The third kappa shape index (κ3) is 5.14. The normalized spacial score (nSPS) is 17.9. The average molecular weight is 410 g/mol. The van der Waals surface area contributed by atoms with Crippen molar-refractivity contribution < 1.29 is 13.9 Å². The van der Waals surface area contributed by atoms with Gasteiger partial charge in [0.25, 0.3) is 0 Å². The summed E-state index contributed by atoms with van der Waals surface area (Å²) >= 11 is 3.18. The van der Waals surface area contributed by atoms with Crippen LogP contribution in [0.2, 0.25) is 0 Å². The van der Waals surface area contributed by atoms with Crippen LogP contribution in [0.15, 0.2) is 22.7 Å². The molecule has 1 unspecified atom stereocenters. The predicted octanol–water partition coefficient (Wildman–Crippen LogP) is 2.81. The molecule has 0 aromatic heterocycles. The zero-order valence-corrected chi connectivity index (χ0v) is 15.5. The molecule has 1 atom stereocenters. The van der Waals surface area contributed by atoms with Gasteiger partial charge in [-0.05, 0) is 59.8 Å². The summed E-state index contributed by atoms with van der Waals surface area (Å²) < 4.78 is 19.0. The predicted molar refractivity (Wildman–Crippen MR) is 94.2 cm³/mol. The van der Waals surface area contributed by atoms with Crippen molar-refractivity contribution in [2.75, 3.05) is 19.8 Å². The Kier molecular flexibility index (Phi) is 7.94. The molecule has 1 aliphatic heterocycles. The lowest BCUT2D eigenvalue weighted by atomic mass is 9.79. The van der Waals surface area contributed by atoms with Crippen LogP contribution in [0.1, 0.15) is 25.3 Å². The second-order valence-electron chi connectivity index (χ2n) is 5.92. The number of benzene rings is 1. The van der Waals surface area contributed by atoms with E-state index in [4.69, 9.17) is 10.5 Å². The molecule has 3 N–H and O–H groups in total. The molecule has 1 saturated heterocycles. The molecular formula is C16H23BrClFN2O2. The largest absolute Gasteiger partial charge is 0.381 e. The summed E-state index contributed by atoms with van der Waals surface area (Å²) in [6, 6.07) is 4.85. The molecule has 1 amide bonds. The second-order valence-corrected chi connectivity index (χ2v) is 6.78. The van der Waals surface area contributed by atoms with Crippen molar-refractivity contribution in [1.82, 2.24) is 5.32 Å². The van der Waals surface area contributed by atoms with E-state index in [9.17, 15) is 9.18 Å². The van der Waals surface area contributed by atoms with Crippen molar-refractivity contribution in [3.05, 3.63) is 34.1 Å². The van der Waals surface area contributed by atoms with Crippen LogP contribution in [0.25, 0.3) is 0 Å². The molecule has 0 saturated carbocycles. The Labute approximate surface area is 150 Å². The summed E-state index contributed by atoms with van der Waals surface area (Å²) in [6.45, 7) is 3.42. The zero-order chi connectivity index (χ0) is 16.2. The Morgan fingerprint density at radius 1 is 1.48 bits per heavy atom. The second kappa shape index (κ2) is 8.97. The molecule has 0 bridgehead atoms. The highest BCUT2D eigenvalue weighted by Crippen LogP contribution is 2.29. The van der Waals surface area contributed by atoms with Crippen LogP contribution in [0.3, 0.4) is 0 Å². The number of carbonyl (C=O) groups is 1. The maximum absolute atomic E-state index is 13.2. The number of halogens is 3. The van der Waals surface area contributed by atoms with Gasteiger partial charge in [0.2, 0.25) is 5.91 Å². The van der Waals surface area contributed by atoms with E-state index in [1.165, 1.54) is 6.07 Å². The van der Waals surface area contributed by atoms with Crippen molar-refractivity contribution in [3.63, 3.8) is 0 Å². The fraction of sp³-hybridized carbons (Fsp3) is 0.562. The van der Waals surface area contributed by atoms with E-state index in [0.717, 1.165) is 5.56 Å². The third-order valence-electron chi connectivity index (χ3n) is 4.23. The Balaban J connectivity index is 0.00000264. The van der Waals surface area contributed by atoms with Gasteiger partial charge >= 0.3 is 0 Å². The van der Waals surface area contributed by atoms with Gasteiger partial charge in [0, 0.05) is 25.8 Å². The molecule has 1 aromatic carbocycles. The van der Waals surface area contributed by atoms with Crippen LogP contribution in [-0.4, -0.2) is 31.7 Å². The fourth-order valence-corrected chi connectivity index (χ4v) is 3.16. The Morgan fingerprint density at radius 2 is 2.13 bits per heavy atom. The van der Waals surface area contributed by atoms with Crippen LogP contribution in [0.5, 0.6) is 0 Å². The minimum absolute atomic E-state index is 0. The molecule has 1 aromatic rings. The Hall–Kier alpha value is -0.690. The fourth-order valence-electron chi connectivity index (χ4n) is 2.73. The molecule has 1 fully saturated rings. The maximum atomic E-state index is 13.2. The van der Waals surface area contributed by atoms with E-state index in [-0.39, 0.29) is 30.2 Å². The van der Waals surface area contributed by atoms with Crippen molar-refractivity contribution in [1.29, 1.82) is 0 Å². The van der Waals surface area contributed by atoms with Crippen LogP contribution in [-0.2, 0) is 16.0 Å². The number of carbonyl (C=O) groups excluding carboxylic acids is 1. The van der Waals surface area contributed by atoms with Gasteiger partial charge < -0.3 is 15.8 Å². The van der Waals surface area contributed by atoms with Crippen LogP contribution in [0, 0.1) is 11.2 Å². The number of hydrogen-bond donors (Lipinski definition) is 2. The number of nitrogens with two attached hydrogens (primary N) is 1. The molecule has 4 nitrogen and oxygen atoms in total. The SMILES string of the molecule is CC(Cc1ccc(F)c(Br)c1)NC(=O)C1(CN)CCOCC1.Cl. The average Bonchev–Trinajstić information content (AvgIpc) is 2.51. The summed E-state index contributed by atoms with van der Waals surface area (Å²) in [6.07, 6.45) is 1.95. The van der Waals surface area contributed by atoms with E-state index in [0.29, 0.717) is 43.5 Å². The van der Waals surface area contributed by atoms with Gasteiger partial charge in [0.15, 0.2) is 0 Å². The maximum Gasteiger partial charge on any atom is 0.227 e. The summed E-state index contributed by atoms with van der Waals surface area (Å²) in [4.78, 5) is 12.6. The Bertz CT molecular complexity index is 539. The lowest BCUT2D eigenvalue weighted by Gasteiger charge is -2.35. The van der Waals surface area contributed by atoms with Crippen molar-refractivity contribution in [2.24, 2.45) is 11.1 Å². The van der Waals surface area contributed by atoms with E-state index in [1.807, 2.05) is 6.92 Å². The molecule has 1 aliphatic rings. The van der Waals surface area contributed by atoms with Gasteiger partial charge in [0.05, 0.1) is 9.89 Å². The monoisotopic (exact) mass is 408 g/mol. The minimum atomic E-state index is -0.518. The van der Waals surface area contributed by atoms with Crippen LogP contribution >= 0.6 is 28.3 Å². The number of amides is 1. The molecule has 7 heteroatoms. The molecule has 0 aliphatic carbocycles. The highest BCUT2D eigenvalue weighted by molar-refractivity contribution is 9.10. The lowest BCUT2D eigenvalue weighted by Crippen LogP contribution is -2.51. The highest BCUT2D eigenvalue weighted by Gasteiger charge is 2.39. The summed E-state index contributed by atoms with van der Waals surface area (Å²) in [5.74, 6) is -0.295. The van der Waals surface area contributed by atoms with Crippen LogP contribution < -0.4 is 11.1 Å². The highest BCUT2D eigenvalue weighted by atomic mass is 79.9. The molecule has 0 spiro atoms. The lowest BCUT2D eigenvalue weighted by molar-refractivity contribution is -0.136. The van der Waals surface area contributed by atoms with E-state index in [2.05, 4.69) is 21.2 Å². The summed E-state index contributed by atoms with van der Waals surface area (Å²) in [7, 11) is 0. The van der Waals surface area contributed by atoms with Crippen LogP contribution in [0.4, 0.5) is 4.39 Å². The first kappa shape index (κ1) is 20.4. The van der Waals surface area contributed by atoms with Crippen molar-refractivity contribution >= 4 is 34.2 Å². The first-order chi connectivity index (χ1) is 10.5. The zero-order valence-electron chi connectivity index (χ0n) is 13.1. The number of rotatable bonds is 5. The minimum Gasteiger partial charge on any atom is -0.381 e. The van der Waals surface area contributed by atoms with E-state index in [1.54, 1.807) is 12.1 Å². The van der Waals surface area contributed by atoms with Crippen molar-refractivity contribution in [2.45, 2.75) is 32.2 Å². The van der Waals surface area contributed by atoms with Crippen molar-refractivity contribution in [3.8, 4) is 0 Å². The number of ether oxygens (including phenoxy) is 1.